The first-order valence-corrected chi connectivity index (χ1v) is 7.65. The van der Waals surface area contributed by atoms with Gasteiger partial charge in [0, 0.05) is 0 Å². The average molecular weight is 359 g/mol. The van der Waals surface area contributed by atoms with Crippen molar-refractivity contribution in [2.45, 2.75) is 6.18 Å². The Kier molecular flexibility index (Phi) is 4.70. The van der Waals surface area contributed by atoms with Crippen LogP contribution in [0.25, 0.3) is 0 Å². The van der Waals surface area contributed by atoms with E-state index in [0.717, 1.165) is 12.1 Å². The summed E-state index contributed by atoms with van der Waals surface area (Å²) in [6.07, 6.45) is -4.36. The number of hydrogen-bond acceptors (Lipinski definition) is 2. The summed E-state index contributed by atoms with van der Waals surface area (Å²) in [6, 6.07) is 11.3. The zero-order valence-corrected chi connectivity index (χ0v) is 12.7. The molecule has 0 fully saturated rings. The van der Waals surface area contributed by atoms with Gasteiger partial charge in [0.05, 0.1) is 0 Å². The zero-order chi connectivity index (χ0) is 15.5. The molecule has 0 spiro atoms. The van der Waals surface area contributed by atoms with Crippen molar-refractivity contribution < 1.29 is 22.7 Å². The molecule has 6 heteroatoms. The Morgan fingerprint density at radius 3 is 2.05 bits per heavy atom. The molecule has 0 bridgehead atoms. The van der Waals surface area contributed by atoms with Crippen molar-refractivity contribution in [2.24, 2.45) is 0 Å². The number of rotatable bonds is 4. The molecule has 0 aliphatic rings. The molecule has 0 saturated heterocycles. The molecule has 0 radical (unpaired) electrons. The summed E-state index contributed by atoms with van der Waals surface area (Å²) in [7, 11) is 1.53. The maximum atomic E-state index is 12.4. The predicted octanol–water partition coefficient (Wildman–Crippen LogP) is 2.88. The Bertz CT molecular complexity index is 619. The van der Waals surface area contributed by atoms with E-state index in [2.05, 4.69) is 0 Å². The second kappa shape index (κ2) is 6.33. The van der Waals surface area contributed by atoms with Gasteiger partial charge in [-0.3, -0.25) is 0 Å². The number of alkyl halides is 3. The second-order valence-corrected chi connectivity index (χ2v) is 6.34. The molecule has 0 aliphatic heterocycles. The van der Waals surface area contributed by atoms with Crippen LogP contribution >= 0.6 is 0 Å². The first kappa shape index (κ1) is 15.6. The van der Waals surface area contributed by atoms with Gasteiger partial charge in [0.2, 0.25) is 0 Å². The van der Waals surface area contributed by atoms with E-state index in [-0.39, 0.29) is 4.68 Å². The molecule has 21 heavy (non-hydrogen) atoms. The van der Waals surface area contributed by atoms with Crippen molar-refractivity contribution in [3.8, 4) is 5.75 Å². The van der Waals surface area contributed by atoms with E-state index >= 15 is 0 Å². The van der Waals surface area contributed by atoms with Crippen LogP contribution in [-0.2, 0) is 6.18 Å². The van der Waals surface area contributed by atoms with Gasteiger partial charge in [-0.15, -0.1) is 0 Å². The van der Waals surface area contributed by atoms with E-state index in [1.807, 2.05) is 0 Å². The fourth-order valence-corrected chi connectivity index (χ4v) is 3.16. The SMILES string of the molecule is COc1ccc(C(=O)[Se]c2ccc(C(F)(F)F)cc2)cc1. The standard InChI is InChI=1S/C15H11F3O2Se/c1-20-12-6-2-10(3-7-12)14(19)21-13-8-4-11(5-9-13)15(16,17)18/h2-9H,1H3. The van der Waals surface area contributed by atoms with Gasteiger partial charge in [-0.2, -0.15) is 0 Å². The van der Waals surface area contributed by atoms with Crippen LogP contribution in [0.3, 0.4) is 0 Å². The van der Waals surface area contributed by atoms with Crippen molar-refractivity contribution >= 4 is 24.1 Å². The number of carbonyl (C=O) groups excluding carboxylic acids is 1. The molecule has 0 unspecified atom stereocenters. The van der Waals surface area contributed by atoms with Crippen LogP contribution in [0, 0.1) is 0 Å². The third-order valence-electron chi connectivity index (χ3n) is 2.72. The van der Waals surface area contributed by atoms with Crippen LogP contribution in [0.2, 0.25) is 0 Å². The van der Waals surface area contributed by atoms with Crippen molar-refractivity contribution in [3.05, 3.63) is 59.7 Å². The summed E-state index contributed by atoms with van der Waals surface area (Å²) < 4.78 is 42.8. The number of ether oxygens (including phenoxy) is 1. The summed E-state index contributed by atoms with van der Waals surface area (Å²) in [4.78, 5) is 12.1. The summed E-state index contributed by atoms with van der Waals surface area (Å²) >= 11 is -0.557. The Hall–Kier alpha value is -1.78. The average Bonchev–Trinajstić information content (AvgIpc) is 2.47. The fourth-order valence-electron chi connectivity index (χ4n) is 1.61. The molecule has 110 valence electrons. The molecule has 0 aliphatic carbocycles. The number of benzene rings is 2. The molecule has 0 heterocycles. The molecule has 0 amide bonds. The topological polar surface area (TPSA) is 26.3 Å². The van der Waals surface area contributed by atoms with Crippen molar-refractivity contribution in [1.29, 1.82) is 0 Å². The number of hydrogen-bond donors (Lipinski definition) is 0. The van der Waals surface area contributed by atoms with Crippen LogP contribution in [0.5, 0.6) is 5.75 Å². The van der Waals surface area contributed by atoms with Crippen LogP contribution in [0.4, 0.5) is 13.2 Å². The third kappa shape index (κ3) is 4.09. The normalized spacial score (nSPS) is 11.2. The van der Waals surface area contributed by atoms with E-state index in [1.54, 1.807) is 24.3 Å². The number of halogens is 3. The van der Waals surface area contributed by atoms with E-state index in [4.69, 9.17) is 4.74 Å². The van der Waals surface area contributed by atoms with E-state index < -0.39 is 26.7 Å². The Morgan fingerprint density at radius 1 is 1.00 bits per heavy atom. The molecule has 0 atom stereocenters. The van der Waals surface area contributed by atoms with E-state index in [0.29, 0.717) is 15.8 Å². The number of carbonyl (C=O) groups is 1. The van der Waals surface area contributed by atoms with E-state index in [9.17, 15) is 18.0 Å². The van der Waals surface area contributed by atoms with Gasteiger partial charge < -0.3 is 0 Å². The van der Waals surface area contributed by atoms with Crippen LogP contribution in [0.15, 0.2) is 48.5 Å². The van der Waals surface area contributed by atoms with Crippen LogP contribution < -0.4 is 9.20 Å². The molecule has 2 aromatic rings. The van der Waals surface area contributed by atoms with Crippen LogP contribution in [0.1, 0.15) is 15.9 Å². The van der Waals surface area contributed by atoms with Gasteiger partial charge in [-0.05, 0) is 0 Å². The molecule has 2 nitrogen and oxygen atoms in total. The molecule has 0 saturated carbocycles. The summed E-state index contributed by atoms with van der Waals surface area (Å²) in [5, 5.41) is 0. The van der Waals surface area contributed by atoms with Gasteiger partial charge >= 0.3 is 125 Å². The Labute approximate surface area is 126 Å². The zero-order valence-electron chi connectivity index (χ0n) is 11.0. The molecule has 0 aromatic heterocycles. The van der Waals surface area contributed by atoms with Gasteiger partial charge in [0.1, 0.15) is 0 Å². The van der Waals surface area contributed by atoms with Crippen molar-refractivity contribution in [3.63, 3.8) is 0 Å². The minimum atomic E-state index is -4.36. The third-order valence-corrected chi connectivity index (χ3v) is 4.67. The van der Waals surface area contributed by atoms with Gasteiger partial charge in [0.25, 0.3) is 0 Å². The molecule has 0 N–H and O–H groups in total. The maximum absolute atomic E-state index is 12.4. The monoisotopic (exact) mass is 360 g/mol. The van der Waals surface area contributed by atoms with Gasteiger partial charge in [-0.25, -0.2) is 0 Å². The Balaban J connectivity index is 2.08. The first-order valence-electron chi connectivity index (χ1n) is 5.93. The van der Waals surface area contributed by atoms with Crippen molar-refractivity contribution in [2.75, 3.05) is 7.11 Å². The first-order chi connectivity index (χ1) is 9.90. The quantitative estimate of drug-likeness (QED) is 0.785. The van der Waals surface area contributed by atoms with Crippen LogP contribution in [-0.4, -0.2) is 26.7 Å². The fraction of sp³-hybridized carbons (Fsp3) is 0.133. The predicted molar refractivity (Wildman–Crippen MR) is 74.2 cm³/mol. The van der Waals surface area contributed by atoms with E-state index in [1.165, 1.54) is 19.2 Å². The molecular formula is C15H11F3O2Se. The molecular weight excluding hydrogens is 348 g/mol. The summed E-state index contributed by atoms with van der Waals surface area (Å²) in [6.45, 7) is 0. The second-order valence-electron chi connectivity index (χ2n) is 4.14. The van der Waals surface area contributed by atoms with Crippen molar-refractivity contribution in [1.82, 2.24) is 0 Å². The number of methoxy groups -OCH3 is 1. The van der Waals surface area contributed by atoms with Gasteiger partial charge in [0.15, 0.2) is 0 Å². The van der Waals surface area contributed by atoms with Gasteiger partial charge in [-0.1, -0.05) is 0 Å². The molecule has 2 rings (SSSR count). The minimum absolute atomic E-state index is 0.0927. The summed E-state index contributed by atoms with van der Waals surface area (Å²) in [5.74, 6) is 0.647. The Morgan fingerprint density at radius 2 is 1.57 bits per heavy atom. The molecule has 2 aromatic carbocycles. The summed E-state index contributed by atoms with van der Waals surface area (Å²) in [5.41, 5.74) is -0.186.